The van der Waals surface area contributed by atoms with Crippen LogP contribution in [0.3, 0.4) is 0 Å². The second-order valence-electron chi connectivity index (χ2n) is 4.60. The van der Waals surface area contributed by atoms with Gasteiger partial charge in [-0.25, -0.2) is 0 Å². The summed E-state index contributed by atoms with van der Waals surface area (Å²) in [6.45, 7) is 3.17. The van der Waals surface area contributed by atoms with Crippen LogP contribution in [0, 0.1) is 10.1 Å². The molecule has 1 N–H and O–H groups in total. The normalized spacial score (nSPS) is 18.8. The number of non-ortho nitro benzene ring substituents is 1. The zero-order valence-electron chi connectivity index (χ0n) is 10.1. The number of nitrogens with one attached hydrogen (secondary N) is 1. The van der Waals surface area contributed by atoms with Gasteiger partial charge in [-0.05, 0) is 43.4 Å². The van der Waals surface area contributed by atoms with Crippen molar-refractivity contribution in [3.05, 3.63) is 39.4 Å². The number of nitro groups is 1. The van der Waals surface area contributed by atoms with Crippen molar-refractivity contribution < 1.29 is 4.92 Å². The van der Waals surface area contributed by atoms with Gasteiger partial charge in [0.05, 0.1) is 4.92 Å². The minimum Gasteiger partial charge on any atom is -0.314 e. The fraction of sp³-hybridized carbons (Fsp3) is 0.538. The number of nitro benzene ring substituents is 1. The summed E-state index contributed by atoms with van der Waals surface area (Å²) in [5, 5.41) is 14.2. The van der Waals surface area contributed by atoms with E-state index in [2.05, 4.69) is 12.2 Å². The molecule has 0 aliphatic heterocycles. The van der Waals surface area contributed by atoms with Crippen LogP contribution in [0.25, 0.3) is 0 Å². The molecule has 0 saturated heterocycles. The van der Waals surface area contributed by atoms with Gasteiger partial charge >= 0.3 is 0 Å². The van der Waals surface area contributed by atoms with Crippen LogP contribution in [-0.2, 0) is 12.8 Å². The quantitative estimate of drug-likeness (QED) is 0.643. The van der Waals surface area contributed by atoms with Crippen LogP contribution in [0.1, 0.15) is 30.9 Å². The Morgan fingerprint density at radius 2 is 2.29 bits per heavy atom. The summed E-state index contributed by atoms with van der Waals surface area (Å²) in [5.74, 6) is 0. The lowest BCUT2D eigenvalue weighted by atomic mass is 9.88. The summed E-state index contributed by atoms with van der Waals surface area (Å²) in [6, 6.07) is 5.72. The number of nitrogens with zero attached hydrogens (tertiary/aromatic N) is 1. The molecule has 17 heavy (non-hydrogen) atoms. The minimum atomic E-state index is -0.316. The van der Waals surface area contributed by atoms with Gasteiger partial charge in [0.2, 0.25) is 0 Å². The first-order valence-electron chi connectivity index (χ1n) is 6.20. The highest BCUT2D eigenvalue weighted by molar-refractivity contribution is 5.41. The predicted octanol–water partition coefficient (Wildman–Crippen LogP) is 2.45. The molecule has 0 bridgehead atoms. The van der Waals surface area contributed by atoms with E-state index in [4.69, 9.17) is 0 Å². The highest BCUT2D eigenvalue weighted by Crippen LogP contribution is 2.25. The van der Waals surface area contributed by atoms with Crippen molar-refractivity contribution in [2.24, 2.45) is 0 Å². The maximum absolute atomic E-state index is 10.7. The second-order valence-corrected chi connectivity index (χ2v) is 4.60. The highest BCUT2D eigenvalue weighted by Gasteiger charge is 2.20. The highest BCUT2D eigenvalue weighted by atomic mass is 16.6. The molecular formula is C13H18N2O2. The van der Waals surface area contributed by atoms with E-state index in [1.807, 2.05) is 6.07 Å². The van der Waals surface area contributed by atoms with E-state index >= 15 is 0 Å². The van der Waals surface area contributed by atoms with Gasteiger partial charge in [-0.2, -0.15) is 0 Å². The summed E-state index contributed by atoms with van der Waals surface area (Å²) in [6.07, 6.45) is 4.19. The molecule has 0 spiro atoms. The third kappa shape index (κ3) is 2.82. The number of benzene rings is 1. The number of hydrogen-bond acceptors (Lipinski definition) is 3. The molecule has 4 nitrogen and oxygen atoms in total. The number of hydrogen-bond donors (Lipinski definition) is 1. The molecule has 1 aromatic rings. The topological polar surface area (TPSA) is 55.2 Å². The Labute approximate surface area is 101 Å². The molecule has 1 unspecified atom stereocenters. The van der Waals surface area contributed by atoms with Crippen molar-refractivity contribution in [1.29, 1.82) is 0 Å². The molecule has 0 saturated carbocycles. The zero-order valence-corrected chi connectivity index (χ0v) is 10.1. The Hall–Kier alpha value is -1.42. The van der Waals surface area contributed by atoms with Gasteiger partial charge in [0.15, 0.2) is 0 Å². The van der Waals surface area contributed by atoms with E-state index in [-0.39, 0.29) is 10.6 Å². The molecule has 2 rings (SSSR count). The van der Waals surface area contributed by atoms with E-state index < -0.39 is 0 Å². The second kappa shape index (κ2) is 5.27. The largest absolute Gasteiger partial charge is 0.314 e. The van der Waals surface area contributed by atoms with Crippen LogP contribution in [0.5, 0.6) is 0 Å². The molecule has 0 aromatic heterocycles. The fourth-order valence-electron chi connectivity index (χ4n) is 2.38. The predicted molar refractivity (Wildman–Crippen MR) is 67.2 cm³/mol. The zero-order chi connectivity index (χ0) is 12.3. The number of rotatable bonds is 4. The van der Waals surface area contributed by atoms with Crippen molar-refractivity contribution in [2.75, 3.05) is 6.54 Å². The van der Waals surface area contributed by atoms with Crippen molar-refractivity contribution >= 4 is 5.69 Å². The van der Waals surface area contributed by atoms with Crippen LogP contribution in [-0.4, -0.2) is 17.5 Å². The molecule has 0 fully saturated rings. The molecule has 0 heterocycles. The summed E-state index contributed by atoms with van der Waals surface area (Å²) >= 11 is 0. The Kier molecular flexibility index (Phi) is 3.74. The summed E-state index contributed by atoms with van der Waals surface area (Å²) < 4.78 is 0. The van der Waals surface area contributed by atoms with Gasteiger partial charge in [-0.3, -0.25) is 10.1 Å². The number of aryl methyl sites for hydroxylation is 1. The van der Waals surface area contributed by atoms with Crippen LogP contribution >= 0.6 is 0 Å². The maximum atomic E-state index is 10.7. The standard InChI is InChI=1S/C13H18N2O2/c1-2-7-14-12-5-3-10-4-6-13(15(16)17)9-11(10)8-12/h4,6,9,12,14H,2-3,5,7-8H2,1H3. The van der Waals surface area contributed by atoms with E-state index in [9.17, 15) is 10.1 Å². The van der Waals surface area contributed by atoms with Gasteiger partial charge in [-0.15, -0.1) is 0 Å². The smallest absolute Gasteiger partial charge is 0.269 e. The van der Waals surface area contributed by atoms with E-state index in [1.165, 1.54) is 5.56 Å². The van der Waals surface area contributed by atoms with Gasteiger partial charge < -0.3 is 5.32 Å². The lowest BCUT2D eigenvalue weighted by molar-refractivity contribution is -0.384. The lowest BCUT2D eigenvalue weighted by Gasteiger charge is -2.25. The van der Waals surface area contributed by atoms with Crippen LogP contribution in [0.4, 0.5) is 5.69 Å². The summed E-state index contributed by atoms with van der Waals surface area (Å²) in [4.78, 5) is 10.4. The van der Waals surface area contributed by atoms with Crippen molar-refractivity contribution in [3.63, 3.8) is 0 Å². The SMILES string of the molecule is CCCNC1CCc2ccc([N+](=O)[O-])cc2C1. The summed E-state index contributed by atoms with van der Waals surface area (Å²) in [7, 11) is 0. The fourth-order valence-corrected chi connectivity index (χ4v) is 2.38. The molecule has 1 aliphatic rings. The monoisotopic (exact) mass is 234 g/mol. The minimum absolute atomic E-state index is 0.208. The van der Waals surface area contributed by atoms with Crippen LogP contribution < -0.4 is 5.32 Å². The van der Waals surface area contributed by atoms with Crippen molar-refractivity contribution in [3.8, 4) is 0 Å². The van der Waals surface area contributed by atoms with Gasteiger partial charge in [0.1, 0.15) is 0 Å². The Bertz CT molecular complexity index is 418. The Balaban J connectivity index is 2.12. The molecular weight excluding hydrogens is 216 g/mol. The van der Waals surface area contributed by atoms with E-state index in [0.717, 1.165) is 37.8 Å². The Morgan fingerprint density at radius 3 is 3.00 bits per heavy atom. The maximum Gasteiger partial charge on any atom is 0.269 e. The molecule has 4 heteroatoms. The van der Waals surface area contributed by atoms with E-state index in [1.54, 1.807) is 12.1 Å². The molecule has 1 aromatic carbocycles. The third-order valence-corrected chi connectivity index (χ3v) is 3.31. The van der Waals surface area contributed by atoms with E-state index in [0.29, 0.717) is 6.04 Å². The summed E-state index contributed by atoms with van der Waals surface area (Å²) in [5.41, 5.74) is 2.61. The molecule has 0 amide bonds. The third-order valence-electron chi connectivity index (χ3n) is 3.31. The van der Waals surface area contributed by atoms with Crippen LogP contribution in [0.2, 0.25) is 0 Å². The first-order valence-corrected chi connectivity index (χ1v) is 6.20. The van der Waals surface area contributed by atoms with Gasteiger partial charge in [-0.1, -0.05) is 13.0 Å². The lowest BCUT2D eigenvalue weighted by Crippen LogP contribution is -2.34. The number of fused-ring (bicyclic) bond motifs is 1. The van der Waals surface area contributed by atoms with Crippen molar-refractivity contribution in [2.45, 2.75) is 38.6 Å². The average molecular weight is 234 g/mol. The first-order chi connectivity index (χ1) is 8.20. The van der Waals surface area contributed by atoms with Gasteiger partial charge in [0, 0.05) is 18.2 Å². The van der Waals surface area contributed by atoms with Gasteiger partial charge in [0.25, 0.3) is 5.69 Å². The first kappa shape index (κ1) is 12.0. The Morgan fingerprint density at radius 1 is 1.47 bits per heavy atom. The van der Waals surface area contributed by atoms with Crippen molar-refractivity contribution in [1.82, 2.24) is 5.32 Å². The average Bonchev–Trinajstić information content (AvgIpc) is 2.35. The molecule has 1 atom stereocenters. The molecule has 92 valence electrons. The molecule has 1 aliphatic carbocycles. The van der Waals surface area contributed by atoms with Crippen LogP contribution in [0.15, 0.2) is 18.2 Å². The molecule has 0 radical (unpaired) electrons.